The Morgan fingerprint density at radius 3 is 2.75 bits per heavy atom. The summed E-state index contributed by atoms with van der Waals surface area (Å²) < 4.78 is 2.28. The molecule has 2 heterocycles. The van der Waals surface area contributed by atoms with E-state index < -0.39 is 0 Å². The number of benzene rings is 1. The largest absolute Gasteiger partial charge is 0.341 e. The first-order valence-electron chi connectivity index (χ1n) is 6.92. The number of fused-ring (bicyclic) bond motifs is 1. The van der Waals surface area contributed by atoms with E-state index >= 15 is 0 Å². The summed E-state index contributed by atoms with van der Waals surface area (Å²) in [6.45, 7) is 3.73. The van der Waals surface area contributed by atoms with Gasteiger partial charge in [0.2, 0.25) is 0 Å². The zero-order valence-electron chi connectivity index (χ0n) is 11.9. The van der Waals surface area contributed by atoms with Crippen LogP contribution in [-0.4, -0.2) is 16.6 Å². The SMILES string of the molecule is CNCc1cn(Cc2cccc(C)n2)c2ccccc12. The Hall–Kier alpha value is -2.13. The Morgan fingerprint density at radius 2 is 1.95 bits per heavy atom. The third kappa shape index (κ3) is 2.45. The molecule has 0 amide bonds. The maximum atomic E-state index is 4.59. The number of rotatable bonds is 4. The van der Waals surface area contributed by atoms with Gasteiger partial charge in [-0.05, 0) is 37.7 Å². The average Bonchev–Trinajstić information content (AvgIpc) is 2.78. The van der Waals surface area contributed by atoms with Gasteiger partial charge in [0, 0.05) is 29.3 Å². The van der Waals surface area contributed by atoms with Gasteiger partial charge in [-0.2, -0.15) is 0 Å². The fraction of sp³-hybridized carbons (Fsp3) is 0.235. The number of nitrogens with one attached hydrogen (secondary N) is 1. The molecular weight excluding hydrogens is 246 g/mol. The Bertz CT molecular complexity index is 728. The Kier molecular flexibility index (Phi) is 3.52. The minimum atomic E-state index is 0.811. The van der Waals surface area contributed by atoms with E-state index in [0.29, 0.717) is 0 Å². The zero-order chi connectivity index (χ0) is 13.9. The Morgan fingerprint density at radius 1 is 1.10 bits per heavy atom. The molecule has 2 aromatic heterocycles. The highest BCUT2D eigenvalue weighted by atomic mass is 15.0. The zero-order valence-corrected chi connectivity index (χ0v) is 11.9. The van der Waals surface area contributed by atoms with Gasteiger partial charge < -0.3 is 9.88 Å². The van der Waals surface area contributed by atoms with E-state index in [1.54, 1.807) is 0 Å². The van der Waals surface area contributed by atoms with Crippen molar-refractivity contribution in [1.82, 2.24) is 14.9 Å². The lowest BCUT2D eigenvalue weighted by atomic mass is 10.2. The van der Waals surface area contributed by atoms with E-state index in [9.17, 15) is 0 Å². The fourth-order valence-electron chi connectivity index (χ4n) is 2.65. The first-order chi connectivity index (χ1) is 9.78. The van der Waals surface area contributed by atoms with Crippen molar-refractivity contribution < 1.29 is 0 Å². The first kappa shape index (κ1) is 12.9. The summed E-state index contributed by atoms with van der Waals surface area (Å²) in [4.78, 5) is 4.59. The number of aromatic nitrogens is 2. The molecule has 0 aliphatic carbocycles. The van der Waals surface area contributed by atoms with E-state index in [0.717, 1.165) is 24.5 Å². The average molecular weight is 265 g/mol. The molecule has 1 N–H and O–H groups in total. The molecule has 3 aromatic rings. The molecule has 0 spiro atoms. The van der Waals surface area contributed by atoms with Crippen LogP contribution in [0.1, 0.15) is 17.0 Å². The lowest BCUT2D eigenvalue weighted by molar-refractivity contribution is 0.779. The molecule has 1 aromatic carbocycles. The van der Waals surface area contributed by atoms with E-state index in [1.165, 1.54) is 16.5 Å². The van der Waals surface area contributed by atoms with Crippen molar-refractivity contribution in [3.63, 3.8) is 0 Å². The number of aryl methyl sites for hydroxylation is 1. The second-order valence-corrected chi connectivity index (χ2v) is 5.10. The summed E-state index contributed by atoms with van der Waals surface area (Å²) >= 11 is 0. The summed E-state index contributed by atoms with van der Waals surface area (Å²) in [5.74, 6) is 0. The predicted molar refractivity (Wildman–Crippen MR) is 82.8 cm³/mol. The van der Waals surface area contributed by atoms with Gasteiger partial charge in [0.15, 0.2) is 0 Å². The third-order valence-corrected chi connectivity index (χ3v) is 3.52. The molecule has 0 radical (unpaired) electrons. The molecular formula is C17H19N3. The highest BCUT2D eigenvalue weighted by Gasteiger charge is 2.08. The van der Waals surface area contributed by atoms with Crippen molar-refractivity contribution in [3.8, 4) is 0 Å². The summed E-state index contributed by atoms with van der Waals surface area (Å²) in [7, 11) is 1.98. The van der Waals surface area contributed by atoms with Crippen molar-refractivity contribution in [2.75, 3.05) is 7.05 Å². The van der Waals surface area contributed by atoms with Crippen LogP contribution < -0.4 is 5.32 Å². The second-order valence-electron chi connectivity index (χ2n) is 5.10. The van der Waals surface area contributed by atoms with Crippen molar-refractivity contribution >= 4 is 10.9 Å². The van der Waals surface area contributed by atoms with Gasteiger partial charge in [-0.15, -0.1) is 0 Å². The minimum absolute atomic E-state index is 0.811. The lowest BCUT2D eigenvalue weighted by Gasteiger charge is -2.05. The summed E-state index contributed by atoms with van der Waals surface area (Å²) in [5, 5.41) is 4.55. The van der Waals surface area contributed by atoms with Gasteiger partial charge in [-0.25, -0.2) is 0 Å². The highest BCUT2D eigenvalue weighted by Crippen LogP contribution is 2.22. The highest BCUT2D eigenvalue weighted by molar-refractivity contribution is 5.84. The van der Waals surface area contributed by atoms with E-state index in [4.69, 9.17) is 0 Å². The van der Waals surface area contributed by atoms with Crippen LogP contribution in [0.4, 0.5) is 0 Å². The molecule has 0 atom stereocenters. The van der Waals surface area contributed by atoms with Crippen LogP contribution in [0.3, 0.4) is 0 Å². The number of hydrogen-bond acceptors (Lipinski definition) is 2. The van der Waals surface area contributed by atoms with Crippen LogP contribution in [0.2, 0.25) is 0 Å². The van der Waals surface area contributed by atoms with Crippen LogP contribution in [0.25, 0.3) is 10.9 Å². The van der Waals surface area contributed by atoms with E-state index in [-0.39, 0.29) is 0 Å². The van der Waals surface area contributed by atoms with Gasteiger partial charge in [-0.3, -0.25) is 4.98 Å². The van der Waals surface area contributed by atoms with Crippen LogP contribution in [0.15, 0.2) is 48.7 Å². The molecule has 102 valence electrons. The molecule has 0 bridgehead atoms. The van der Waals surface area contributed by atoms with Gasteiger partial charge in [0.05, 0.1) is 12.2 Å². The van der Waals surface area contributed by atoms with Crippen molar-refractivity contribution in [1.29, 1.82) is 0 Å². The van der Waals surface area contributed by atoms with Crippen LogP contribution in [-0.2, 0) is 13.1 Å². The molecule has 3 nitrogen and oxygen atoms in total. The van der Waals surface area contributed by atoms with Gasteiger partial charge in [0.1, 0.15) is 0 Å². The molecule has 0 unspecified atom stereocenters. The lowest BCUT2D eigenvalue weighted by Crippen LogP contribution is -2.04. The maximum absolute atomic E-state index is 4.59. The standard InChI is InChI=1S/C17H19N3/c1-13-6-5-7-15(19-13)12-20-11-14(10-18-2)16-8-3-4-9-17(16)20/h3-9,11,18H,10,12H2,1-2H3. The summed E-state index contributed by atoms with van der Waals surface area (Å²) in [6.07, 6.45) is 2.23. The van der Waals surface area contributed by atoms with Gasteiger partial charge in [0.25, 0.3) is 0 Å². The number of nitrogens with zero attached hydrogens (tertiary/aromatic N) is 2. The maximum Gasteiger partial charge on any atom is 0.0648 e. The predicted octanol–water partition coefficient (Wildman–Crippen LogP) is 3.11. The Balaban J connectivity index is 2.03. The normalized spacial score (nSPS) is 11.1. The Labute approximate surface area is 119 Å². The molecule has 0 saturated carbocycles. The number of pyridine rings is 1. The van der Waals surface area contributed by atoms with E-state index in [2.05, 4.69) is 57.5 Å². The third-order valence-electron chi connectivity index (χ3n) is 3.52. The summed E-state index contributed by atoms with van der Waals surface area (Å²) in [6, 6.07) is 14.7. The molecule has 3 heteroatoms. The molecule has 0 aliphatic rings. The smallest absolute Gasteiger partial charge is 0.0648 e. The fourth-order valence-corrected chi connectivity index (χ4v) is 2.65. The second kappa shape index (κ2) is 5.47. The van der Waals surface area contributed by atoms with Crippen LogP contribution >= 0.6 is 0 Å². The van der Waals surface area contributed by atoms with Crippen molar-refractivity contribution in [2.24, 2.45) is 0 Å². The van der Waals surface area contributed by atoms with E-state index in [1.807, 2.05) is 20.0 Å². The first-order valence-corrected chi connectivity index (χ1v) is 6.92. The monoisotopic (exact) mass is 265 g/mol. The van der Waals surface area contributed by atoms with Crippen molar-refractivity contribution in [3.05, 3.63) is 65.6 Å². The quantitative estimate of drug-likeness (QED) is 0.785. The van der Waals surface area contributed by atoms with Crippen LogP contribution in [0.5, 0.6) is 0 Å². The molecule has 0 saturated heterocycles. The van der Waals surface area contributed by atoms with Gasteiger partial charge in [-0.1, -0.05) is 24.3 Å². The van der Waals surface area contributed by atoms with Gasteiger partial charge >= 0.3 is 0 Å². The minimum Gasteiger partial charge on any atom is -0.341 e. The van der Waals surface area contributed by atoms with Crippen molar-refractivity contribution in [2.45, 2.75) is 20.0 Å². The number of para-hydroxylation sites is 1. The van der Waals surface area contributed by atoms with Crippen LogP contribution in [0, 0.1) is 6.92 Å². The molecule has 3 rings (SSSR count). The topological polar surface area (TPSA) is 29.9 Å². The molecule has 0 aliphatic heterocycles. The molecule has 0 fully saturated rings. The molecule has 20 heavy (non-hydrogen) atoms. The summed E-state index contributed by atoms with van der Waals surface area (Å²) in [5.41, 5.74) is 4.76. The number of hydrogen-bond donors (Lipinski definition) is 1.